The predicted molar refractivity (Wildman–Crippen MR) is 74.4 cm³/mol. The van der Waals surface area contributed by atoms with Crippen molar-refractivity contribution in [3.8, 4) is 0 Å². The van der Waals surface area contributed by atoms with Crippen LogP contribution in [0.5, 0.6) is 0 Å². The first-order chi connectivity index (χ1) is 9.49. The lowest BCUT2D eigenvalue weighted by Crippen LogP contribution is -2.55. The highest BCUT2D eigenvalue weighted by Crippen LogP contribution is 2.14. The standard InChI is InChI=1S/C14H26N2O4/c1-10-9-19-13(8-17)6-15(10)7-14(18)16-4-11(2)20-12(3)5-16/h10-13,17H,4-9H2,1-3H3. The zero-order chi connectivity index (χ0) is 14.7. The van der Waals surface area contributed by atoms with Crippen LogP contribution in [0.15, 0.2) is 0 Å². The average Bonchev–Trinajstić information content (AvgIpc) is 2.40. The molecule has 1 amide bonds. The van der Waals surface area contributed by atoms with Gasteiger partial charge in [-0.05, 0) is 20.8 Å². The second-order valence-electron chi connectivity index (χ2n) is 5.97. The summed E-state index contributed by atoms with van der Waals surface area (Å²) in [5, 5.41) is 9.18. The molecule has 0 saturated carbocycles. The molecule has 20 heavy (non-hydrogen) atoms. The topological polar surface area (TPSA) is 62.2 Å². The van der Waals surface area contributed by atoms with Gasteiger partial charge in [0.2, 0.25) is 5.91 Å². The Morgan fingerprint density at radius 3 is 2.45 bits per heavy atom. The van der Waals surface area contributed by atoms with Crippen molar-refractivity contribution in [3.63, 3.8) is 0 Å². The third kappa shape index (κ3) is 3.91. The summed E-state index contributed by atoms with van der Waals surface area (Å²) in [5.41, 5.74) is 0. The molecule has 2 rings (SSSR count). The summed E-state index contributed by atoms with van der Waals surface area (Å²) in [6, 6.07) is 0.206. The van der Waals surface area contributed by atoms with Crippen molar-refractivity contribution >= 4 is 5.91 Å². The first kappa shape index (κ1) is 15.7. The van der Waals surface area contributed by atoms with Gasteiger partial charge in [0.1, 0.15) is 0 Å². The lowest BCUT2D eigenvalue weighted by atomic mass is 10.2. The van der Waals surface area contributed by atoms with Crippen LogP contribution in [0.1, 0.15) is 20.8 Å². The van der Waals surface area contributed by atoms with Crippen LogP contribution in [-0.4, -0.2) is 84.6 Å². The molecule has 2 aliphatic heterocycles. The van der Waals surface area contributed by atoms with Gasteiger partial charge < -0.3 is 19.5 Å². The smallest absolute Gasteiger partial charge is 0.236 e. The Bertz CT molecular complexity index is 329. The van der Waals surface area contributed by atoms with Crippen LogP contribution in [0.4, 0.5) is 0 Å². The van der Waals surface area contributed by atoms with Gasteiger partial charge in [-0.15, -0.1) is 0 Å². The molecular weight excluding hydrogens is 260 g/mol. The minimum Gasteiger partial charge on any atom is -0.394 e. The van der Waals surface area contributed by atoms with E-state index in [9.17, 15) is 9.90 Å². The summed E-state index contributed by atoms with van der Waals surface area (Å²) in [6.07, 6.45) is 0.00606. The van der Waals surface area contributed by atoms with Crippen molar-refractivity contribution in [2.75, 3.05) is 39.4 Å². The van der Waals surface area contributed by atoms with E-state index in [1.165, 1.54) is 0 Å². The number of carbonyl (C=O) groups excluding carboxylic acids is 1. The Hall–Kier alpha value is -0.690. The summed E-state index contributed by atoms with van der Waals surface area (Å²) < 4.78 is 11.1. The van der Waals surface area contributed by atoms with Crippen molar-refractivity contribution in [1.82, 2.24) is 9.80 Å². The van der Waals surface area contributed by atoms with Gasteiger partial charge in [-0.3, -0.25) is 9.69 Å². The van der Waals surface area contributed by atoms with E-state index in [-0.39, 0.29) is 36.9 Å². The van der Waals surface area contributed by atoms with E-state index in [0.29, 0.717) is 32.8 Å². The third-order valence-electron chi connectivity index (χ3n) is 3.95. The number of amides is 1. The molecule has 0 radical (unpaired) electrons. The Labute approximate surface area is 120 Å². The maximum Gasteiger partial charge on any atom is 0.236 e. The maximum absolute atomic E-state index is 12.4. The highest BCUT2D eigenvalue weighted by Gasteiger charge is 2.31. The molecule has 116 valence electrons. The summed E-state index contributed by atoms with van der Waals surface area (Å²) in [5.74, 6) is 0.137. The normalized spacial score (nSPS) is 36.1. The number of nitrogens with zero attached hydrogens (tertiary/aromatic N) is 2. The molecular formula is C14H26N2O4. The van der Waals surface area contributed by atoms with E-state index in [1.54, 1.807) is 0 Å². The Morgan fingerprint density at radius 1 is 1.20 bits per heavy atom. The lowest BCUT2D eigenvalue weighted by molar-refractivity contribution is -0.148. The molecule has 0 spiro atoms. The molecule has 2 fully saturated rings. The monoisotopic (exact) mass is 286 g/mol. The van der Waals surface area contributed by atoms with Gasteiger partial charge >= 0.3 is 0 Å². The molecule has 4 unspecified atom stereocenters. The maximum atomic E-state index is 12.4. The van der Waals surface area contributed by atoms with Gasteiger partial charge in [-0.2, -0.15) is 0 Å². The second kappa shape index (κ2) is 6.85. The predicted octanol–water partition coefficient (Wildman–Crippen LogP) is -0.296. The lowest BCUT2D eigenvalue weighted by Gasteiger charge is -2.40. The number of ether oxygens (including phenoxy) is 2. The fourth-order valence-electron chi connectivity index (χ4n) is 2.86. The zero-order valence-corrected chi connectivity index (χ0v) is 12.6. The molecule has 2 saturated heterocycles. The molecule has 0 aromatic carbocycles. The van der Waals surface area contributed by atoms with Crippen molar-refractivity contribution in [2.24, 2.45) is 0 Å². The average molecular weight is 286 g/mol. The van der Waals surface area contributed by atoms with E-state index in [4.69, 9.17) is 9.47 Å². The Balaban J connectivity index is 1.89. The second-order valence-corrected chi connectivity index (χ2v) is 5.97. The van der Waals surface area contributed by atoms with Gasteiger partial charge in [0, 0.05) is 25.7 Å². The summed E-state index contributed by atoms with van der Waals surface area (Å²) in [7, 11) is 0. The number of hydrogen-bond donors (Lipinski definition) is 1. The van der Waals surface area contributed by atoms with Crippen molar-refractivity contribution in [1.29, 1.82) is 0 Å². The van der Waals surface area contributed by atoms with Gasteiger partial charge in [0.15, 0.2) is 0 Å². The van der Waals surface area contributed by atoms with E-state index < -0.39 is 0 Å². The fourth-order valence-corrected chi connectivity index (χ4v) is 2.86. The Kier molecular flexibility index (Phi) is 5.37. The first-order valence-electron chi connectivity index (χ1n) is 7.39. The van der Waals surface area contributed by atoms with E-state index in [1.807, 2.05) is 25.7 Å². The van der Waals surface area contributed by atoms with Gasteiger partial charge in [-0.1, -0.05) is 0 Å². The molecule has 6 nitrogen and oxygen atoms in total. The van der Waals surface area contributed by atoms with Gasteiger partial charge in [0.25, 0.3) is 0 Å². The number of aliphatic hydroxyl groups is 1. The Morgan fingerprint density at radius 2 is 1.85 bits per heavy atom. The molecule has 1 N–H and O–H groups in total. The number of hydrogen-bond acceptors (Lipinski definition) is 5. The SMILES string of the molecule is CC1CN(C(=O)CN2CC(CO)OCC2C)CC(C)O1. The molecule has 0 bridgehead atoms. The largest absolute Gasteiger partial charge is 0.394 e. The van der Waals surface area contributed by atoms with Crippen LogP contribution in [-0.2, 0) is 14.3 Å². The molecule has 2 heterocycles. The van der Waals surface area contributed by atoms with Crippen LogP contribution in [0.25, 0.3) is 0 Å². The van der Waals surface area contributed by atoms with Crippen molar-refractivity contribution < 1.29 is 19.4 Å². The van der Waals surface area contributed by atoms with Gasteiger partial charge in [0.05, 0.1) is 38.1 Å². The van der Waals surface area contributed by atoms with E-state index in [0.717, 1.165) is 0 Å². The molecule has 0 aliphatic carbocycles. The number of rotatable bonds is 3. The summed E-state index contributed by atoms with van der Waals surface area (Å²) in [4.78, 5) is 16.4. The van der Waals surface area contributed by atoms with Crippen LogP contribution < -0.4 is 0 Å². The zero-order valence-electron chi connectivity index (χ0n) is 12.6. The molecule has 6 heteroatoms. The minimum absolute atomic E-state index is 0.00301. The molecule has 0 aromatic heterocycles. The fraction of sp³-hybridized carbons (Fsp3) is 0.929. The number of morpholine rings is 2. The number of carbonyl (C=O) groups is 1. The van der Waals surface area contributed by atoms with Crippen LogP contribution in [0.2, 0.25) is 0 Å². The van der Waals surface area contributed by atoms with Crippen LogP contribution in [0, 0.1) is 0 Å². The summed E-state index contributed by atoms with van der Waals surface area (Å²) >= 11 is 0. The van der Waals surface area contributed by atoms with E-state index >= 15 is 0 Å². The highest BCUT2D eigenvalue weighted by molar-refractivity contribution is 5.78. The molecule has 0 aromatic rings. The first-order valence-corrected chi connectivity index (χ1v) is 7.39. The third-order valence-corrected chi connectivity index (χ3v) is 3.95. The van der Waals surface area contributed by atoms with Crippen LogP contribution >= 0.6 is 0 Å². The van der Waals surface area contributed by atoms with E-state index in [2.05, 4.69) is 4.90 Å². The highest BCUT2D eigenvalue weighted by atomic mass is 16.5. The number of aliphatic hydroxyl groups excluding tert-OH is 1. The van der Waals surface area contributed by atoms with Crippen LogP contribution in [0.3, 0.4) is 0 Å². The van der Waals surface area contributed by atoms with Gasteiger partial charge in [-0.25, -0.2) is 0 Å². The summed E-state index contributed by atoms with van der Waals surface area (Å²) in [6.45, 7) is 8.92. The molecule has 4 atom stereocenters. The van der Waals surface area contributed by atoms with Crippen molar-refractivity contribution in [2.45, 2.75) is 45.1 Å². The minimum atomic E-state index is -0.179. The van der Waals surface area contributed by atoms with Crippen molar-refractivity contribution in [3.05, 3.63) is 0 Å². The molecule has 2 aliphatic rings. The quantitative estimate of drug-likeness (QED) is 0.772.